The Morgan fingerprint density at radius 1 is 0.800 bits per heavy atom. The highest BCUT2D eigenvalue weighted by Gasteiger charge is 2.26. The summed E-state index contributed by atoms with van der Waals surface area (Å²) in [5.74, 6) is -0.978. The molecule has 1 N–H and O–H groups in total. The number of hydrogen-bond acceptors (Lipinski definition) is 3. The Morgan fingerprint density at radius 2 is 1.16 bits per heavy atom. The molecule has 3 nitrogen and oxygen atoms in total. The number of rotatable bonds is 18. The summed E-state index contributed by atoms with van der Waals surface area (Å²) < 4.78 is 17.6. The van der Waals surface area contributed by atoms with Crippen LogP contribution in [0.2, 0.25) is 0 Å². The Morgan fingerprint density at radius 3 is 1.52 bits per heavy atom. The fourth-order valence-electron chi connectivity index (χ4n) is 3.14. The quantitative estimate of drug-likeness (QED) is 0.236. The number of halogens is 1. The van der Waals surface area contributed by atoms with E-state index in [2.05, 4.69) is 11.7 Å². The molecule has 0 unspecified atom stereocenters. The number of hydrogen-bond donors (Lipinski definition) is 1. The summed E-state index contributed by atoms with van der Waals surface area (Å²) in [4.78, 5) is 11.0. The van der Waals surface area contributed by atoms with Crippen LogP contribution in [-0.2, 0) is 9.53 Å². The first kappa shape index (κ1) is 24.4. The highest BCUT2D eigenvalue weighted by molar-refractivity contribution is 5.75. The van der Waals surface area contributed by atoms with Crippen LogP contribution in [-0.4, -0.2) is 30.5 Å². The minimum atomic E-state index is -1.91. The van der Waals surface area contributed by atoms with Gasteiger partial charge >= 0.3 is 5.97 Å². The molecule has 0 aromatic rings. The number of aliphatic hydroxyl groups excluding tert-OH is 1. The van der Waals surface area contributed by atoms with Crippen LogP contribution in [0, 0.1) is 0 Å². The van der Waals surface area contributed by atoms with Crippen LogP contribution in [0.1, 0.15) is 110 Å². The monoisotopic (exact) mass is 360 g/mol. The summed E-state index contributed by atoms with van der Waals surface area (Å²) in [6.07, 6.45) is 16.3. The Hall–Kier alpha value is -0.640. The van der Waals surface area contributed by atoms with Gasteiger partial charge in [0.15, 0.2) is 0 Å². The van der Waals surface area contributed by atoms with Gasteiger partial charge in [-0.05, 0) is 6.42 Å². The van der Waals surface area contributed by atoms with Crippen LogP contribution in [0.4, 0.5) is 4.39 Å². The van der Waals surface area contributed by atoms with E-state index < -0.39 is 18.2 Å². The van der Waals surface area contributed by atoms with E-state index in [1.807, 2.05) is 0 Å². The molecule has 0 aromatic heterocycles. The van der Waals surface area contributed by atoms with Crippen molar-refractivity contribution in [1.82, 2.24) is 0 Å². The zero-order valence-corrected chi connectivity index (χ0v) is 16.6. The van der Waals surface area contributed by atoms with Gasteiger partial charge in [0.25, 0.3) is 0 Å². The van der Waals surface area contributed by atoms with E-state index in [1.165, 1.54) is 77.0 Å². The first-order valence-electron chi connectivity index (χ1n) is 10.5. The highest BCUT2D eigenvalue weighted by Crippen LogP contribution is 2.15. The Bertz CT molecular complexity index is 297. The van der Waals surface area contributed by atoms with Crippen LogP contribution < -0.4 is 0 Å². The van der Waals surface area contributed by atoms with E-state index in [0.29, 0.717) is 6.42 Å². The average molecular weight is 361 g/mol. The van der Waals surface area contributed by atoms with E-state index in [9.17, 15) is 14.3 Å². The predicted molar refractivity (Wildman–Crippen MR) is 102 cm³/mol. The Labute approximate surface area is 154 Å². The van der Waals surface area contributed by atoms with Crippen LogP contribution in [0.5, 0.6) is 0 Å². The number of unbranched alkanes of at least 4 members (excludes halogenated alkanes) is 14. The summed E-state index contributed by atoms with van der Waals surface area (Å²) in [6.45, 7) is 2.26. The molecule has 0 bridgehead atoms. The number of ether oxygens (including phenoxy) is 1. The third-order valence-electron chi connectivity index (χ3n) is 4.87. The highest BCUT2D eigenvalue weighted by atomic mass is 19.1. The molecule has 4 heteroatoms. The van der Waals surface area contributed by atoms with Crippen molar-refractivity contribution in [3.05, 3.63) is 0 Å². The summed E-state index contributed by atoms with van der Waals surface area (Å²) in [6, 6.07) is 0. The molecule has 0 radical (unpaired) electrons. The minimum absolute atomic E-state index is 0.328. The third kappa shape index (κ3) is 15.3. The Kier molecular flexibility index (Phi) is 17.7. The van der Waals surface area contributed by atoms with Crippen molar-refractivity contribution < 1.29 is 19.0 Å². The predicted octanol–water partition coefficient (Wildman–Crippen LogP) is 6.12. The molecule has 0 saturated carbocycles. The number of carbonyl (C=O) groups is 1. The number of methoxy groups -OCH3 is 1. The van der Waals surface area contributed by atoms with E-state index in [-0.39, 0.29) is 0 Å². The lowest BCUT2D eigenvalue weighted by Gasteiger charge is -2.13. The van der Waals surface area contributed by atoms with Crippen LogP contribution in [0.15, 0.2) is 0 Å². The molecule has 2 atom stereocenters. The number of aliphatic hydroxyl groups is 1. The van der Waals surface area contributed by atoms with Gasteiger partial charge in [0.1, 0.15) is 0 Å². The molecule has 150 valence electrons. The van der Waals surface area contributed by atoms with Crippen molar-refractivity contribution in [2.24, 2.45) is 0 Å². The molecular formula is C21H41FO3. The van der Waals surface area contributed by atoms with E-state index >= 15 is 0 Å². The van der Waals surface area contributed by atoms with Gasteiger partial charge in [0.2, 0.25) is 6.17 Å². The van der Waals surface area contributed by atoms with Gasteiger partial charge in [-0.1, -0.05) is 103 Å². The van der Waals surface area contributed by atoms with Gasteiger partial charge in [-0.2, -0.15) is 0 Å². The summed E-state index contributed by atoms with van der Waals surface area (Å²) in [7, 11) is 1.13. The SMILES string of the molecule is CCCCCCCCCCCCCCCCC[C@H](O)[C@H](F)C(=O)OC. The first-order chi connectivity index (χ1) is 12.1. The third-order valence-corrected chi connectivity index (χ3v) is 4.87. The molecule has 0 rings (SSSR count). The Balaban J connectivity index is 3.22. The largest absolute Gasteiger partial charge is 0.467 e. The fourth-order valence-corrected chi connectivity index (χ4v) is 3.14. The molecule has 0 fully saturated rings. The van der Waals surface area contributed by atoms with Gasteiger partial charge in [-0.25, -0.2) is 9.18 Å². The van der Waals surface area contributed by atoms with Gasteiger partial charge < -0.3 is 9.84 Å². The molecule has 0 aliphatic rings. The van der Waals surface area contributed by atoms with Crippen molar-refractivity contribution in [1.29, 1.82) is 0 Å². The standard InChI is InChI=1S/C21H41FO3/c1-3-4-5-6-7-8-9-10-11-12-13-14-15-16-17-18-19(23)20(22)21(24)25-2/h19-20,23H,3-18H2,1-2H3/t19-,20-/m0/s1. The van der Waals surface area contributed by atoms with Crippen molar-refractivity contribution in [3.63, 3.8) is 0 Å². The lowest BCUT2D eigenvalue weighted by molar-refractivity contribution is -0.151. The minimum Gasteiger partial charge on any atom is -0.467 e. The lowest BCUT2D eigenvalue weighted by atomic mass is 10.0. The first-order valence-corrected chi connectivity index (χ1v) is 10.5. The molecule has 0 heterocycles. The normalized spacial score (nSPS) is 13.6. The summed E-state index contributed by atoms with van der Waals surface area (Å²) in [5, 5.41) is 9.55. The van der Waals surface area contributed by atoms with Crippen molar-refractivity contribution in [2.45, 2.75) is 122 Å². The smallest absolute Gasteiger partial charge is 0.343 e. The maximum Gasteiger partial charge on any atom is 0.343 e. The molecule has 0 spiro atoms. The lowest BCUT2D eigenvalue weighted by Crippen LogP contribution is -2.30. The molecule has 25 heavy (non-hydrogen) atoms. The number of carbonyl (C=O) groups excluding carboxylic acids is 1. The number of alkyl halides is 1. The molecule has 0 amide bonds. The maximum atomic E-state index is 13.3. The zero-order chi connectivity index (χ0) is 18.8. The molecule has 0 saturated heterocycles. The van der Waals surface area contributed by atoms with Gasteiger partial charge in [-0.3, -0.25) is 0 Å². The van der Waals surface area contributed by atoms with Crippen molar-refractivity contribution in [2.75, 3.05) is 7.11 Å². The molecule has 0 aliphatic carbocycles. The molecule has 0 aromatic carbocycles. The van der Waals surface area contributed by atoms with E-state index in [4.69, 9.17) is 0 Å². The fraction of sp³-hybridized carbons (Fsp3) is 0.952. The second-order valence-corrected chi connectivity index (χ2v) is 7.23. The molecular weight excluding hydrogens is 319 g/mol. The maximum absolute atomic E-state index is 13.3. The van der Waals surface area contributed by atoms with Crippen molar-refractivity contribution >= 4 is 5.97 Å². The van der Waals surface area contributed by atoms with Crippen LogP contribution >= 0.6 is 0 Å². The average Bonchev–Trinajstić information content (AvgIpc) is 2.63. The summed E-state index contributed by atoms with van der Waals surface area (Å²) >= 11 is 0. The van der Waals surface area contributed by atoms with Gasteiger partial charge in [-0.15, -0.1) is 0 Å². The van der Waals surface area contributed by atoms with Crippen LogP contribution in [0.25, 0.3) is 0 Å². The van der Waals surface area contributed by atoms with E-state index in [1.54, 1.807) is 0 Å². The molecule has 0 aliphatic heterocycles. The van der Waals surface area contributed by atoms with Gasteiger partial charge in [0, 0.05) is 0 Å². The summed E-state index contributed by atoms with van der Waals surface area (Å²) in [5.41, 5.74) is 0. The number of esters is 1. The second kappa shape index (κ2) is 18.2. The van der Waals surface area contributed by atoms with Crippen molar-refractivity contribution in [3.8, 4) is 0 Å². The zero-order valence-electron chi connectivity index (χ0n) is 16.6. The topological polar surface area (TPSA) is 46.5 Å². The second-order valence-electron chi connectivity index (χ2n) is 7.23. The van der Waals surface area contributed by atoms with Gasteiger partial charge in [0.05, 0.1) is 13.2 Å². The van der Waals surface area contributed by atoms with Crippen LogP contribution in [0.3, 0.4) is 0 Å². The van der Waals surface area contributed by atoms with E-state index in [0.717, 1.165) is 26.4 Å².